The van der Waals surface area contributed by atoms with Gasteiger partial charge in [-0.05, 0) is 35.7 Å². The fraction of sp³-hybridized carbons (Fsp3) is 0.348. The lowest BCUT2D eigenvalue weighted by atomic mass is 10.1. The van der Waals surface area contributed by atoms with Crippen LogP contribution < -0.4 is 5.32 Å². The van der Waals surface area contributed by atoms with Crippen molar-refractivity contribution >= 4 is 22.6 Å². The second kappa shape index (κ2) is 8.07. The summed E-state index contributed by atoms with van der Waals surface area (Å²) in [6, 6.07) is 16.6. The maximum absolute atomic E-state index is 12.6. The first-order chi connectivity index (χ1) is 13.6. The minimum Gasteiger partial charge on any atom is -0.350 e. The number of nitrogens with one attached hydrogen (secondary N) is 1. The first-order valence-electron chi connectivity index (χ1n) is 10.0. The van der Waals surface area contributed by atoms with Crippen LogP contribution in [0.3, 0.4) is 0 Å². The van der Waals surface area contributed by atoms with Crippen molar-refractivity contribution in [1.82, 2.24) is 14.4 Å². The Morgan fingerprint density at radius 3 is 2.43 bits per heavy atom. The Kier molecular flexibility index (Phi) is 5.35. The molecule has 5 heteroatoms. The van der Waals surface area contributed by atoms with Crippen LogP contribution in [0.5, 0.6) is 0 Å². The lowest BCUT2D eigenvalue weighted by Gasteiger charge is -2.34. The number of para-hydroxylation sites is 1. The Morgan fingerprint density at radius 1 is 1.00 bits per heavy atom. The molecule has 1 aromatic heterocycles. The number of nitrogens with zero attached hydrogens (tertiary/aromatic N) is 3. The van der Waals surface area contributed by atoms with Gasteiger partial charge in [0, 0.05) is 62.6 Å². The number of aromatic nitrogens is 1. The van der Waals surface area contributed by atoms with Crippen LogP contribution in [0.1, 0.15) is 18.1 Å². The number of hydrogen-bond acceptors (Lipinski definition) is 2. The number of carbonyl (C=O) groups excluding carboxylic acids is 1. The maximum atomic E-state index is 12.6. The molecule has 2 amide bonds. The Morgan fingerprint density at radius 2 is 1.71 bits per heavy atom. The van der Waals surface area contributed by atoms with Crippen molar-refractivity contribution in [3.63, 3.8) is 0 Å². The van der Waals surface area contributed by atoms with E-state index in [1.807, 2.05) is 17.0 Å². The van der Waals surface area contributed by atoms with Gasteiger partial charge in [-0.1, -0.05) is 37.3 Å². The summed E-state index contributed by atoms with van der Waals surface area (Å²) >= 11 is 0. The van der Waals surface area contributed by atoms with Crippen LogP contribution in [0, 0.1) is 0 Å². The molecule has 0 atom stereocenters. The van der Waals surface area contributed by atoms with Crippen LogP contribution in [0.4, 0.5) is 10.5 Å². The zero-order valence-electron chi connectivity index (χ0n) is 16.7. The van der Waals surface area contributed by atoms with E-state index in [1.54, 1.807) is 0 Å². The van der Waals surface area contributed by atoms with Crippen molar-refractivity contribution in [2.45, 2.75) is 19.9 Å². The Bertz CT molecular complexity index is 952. The van der Waals surface area contributed by atoms with Gasteiger partial charge in [0.25, 0.3) is 0 Å². The number of urea groups is 1. The van der Waals surface area contributed by atoms with Gasteiger partial charge in [-0.2, -0.15) is 0 Å². The number of fused-ring (bicyclic) bond motifs is 1. The highest BCUT2D eigenvalue weighted by Crippen LogP contribution is 2.22. The van der Waals surface area contributed by atoms with Crippen LogP contribution >= 0.6 is 0 Å². The van der Waals surface area contributed by atoms with E-state index in [-0.39, 0.29) is 6.03 Å². The number of benzene rings is 2. The van der Waals surface area contributed by atoms with Gasteiger partial charge in [0.2, 0.25) is 0 Å². The van der Waals surface area contributed by atoms with Gasteiger partial charge >= 0.3 is 6.03 Å². The quantitative estimate of drug-likeness (QED) is 0.745. The monoisotopic (exact) mass is 376 g/mol. The van der Waals surface area contributed by atoms with E-state index in [4.69, 9.17) is 0 Å². The molecule has 1 aliphatic heterocycles. The second-order valence-electron chi connectivity index (χ2n) is 7.53. The Hall–Kier alpha value is -2.79. The Labute approximate surface area is 166 Å². The van der Waals surface area contributed by atoms with Crippen LogP contribution in [0.2, 0.25) is 0 Å². The molecule has 0 radical (unpaired) electrons. The summed E-state index contributed by atoms with van der Waals surface area (Å²) in [5.41, 5.74) is 4.76. The predicted octanol–water partition coefficient (Wildman–Crippen LogP) is 4.09. The van der Waals surface area contributed by atoms with E-state index in [0.717, 1.165) is 44.8 Å². The second-order valence-corrected chi connectivity index (χ2v) is 7.53. The van der Waals surface area contributed by atoms with Crippen LogP contribution in [-0.2, 0) is 20.0 Å². The predicted molar refractivity (Wildman–Crippen MR) is 115 cm³/mol. The molecule has 28 heavy (non-hydrogen) atoms. The highest BCUT2D eigenvalue weighted by atomic mass is 16.2. The summed E-state index contributed by atoms with van der Waals surface area (Å²) in [5, 5.41) is 4.34. The maximum Gasteiger partial charge on any atom is 0.321 e. The molecule has 0 unspecified atom stereocenters. The van der Waals surface area contributed by atoms with Gasteiger partial charge in [0.05, 0.1) is 0 Å². The molecule has 1 N–H and O–H groups in total. The fourth-order valence-corrected chi connectivity index (χ4v) is 3.93. The minimum absolute atomic E-state index is 0.00550. The molecule has 3 aromatic rings. The van der Waals surface area contributed by atoms with Crippen molar-refractivity contribution in [2.75, 3.05) is 31.5 Å². The van der Waals surface area contributed by atoms with E-state index in [2.05, 4.69) is 71.4 Å². The summed E-state index contributed by atoms with van der Waals surface area (Å²) < 4.78 is 2.19. The van der Waals surface area contributed by atoms with Crippen molar-refractivity contribution in [1.29, 1.82) is 0 Å². The summed E-state index contributed by atoms with van der Waals surface area (Å²) in [4.78, 5) is 16.9. The van der Waals surface area contributed by atoms with Gasteiger partial charge in [0.15, 0.2) is 0 Å². The topological polar surface area (TPSA) is 40.5 Å². The molecule has 1 fully saturated rings. The number of piperazine rings is 1. The number of rotatable bonds is 4. The molecule has 4 rings (SSSR count). The average molecular weight is 377 g/mol. The standard InChI is InChI=1S/C23H28N4O/c1-3-18-8-10-20(11-9-18)24-23(28)27-14-12-26(13-15-27)17-19-16-25(2)22-7-5-4-6-21(19)22/h4-11,16H,3,12-15,17H2,1-2H3,(H,24,28). The third-order valence-electron chi connectivity index (χ3n) is 5.65. The number of hydrogen-bond donors (Lipinski definition) is 1. The van der Waals surface area contributed by atoms with Gasteiger partial charge in [-0.25, -0.2) is 4.79 Å². The normalized spacial score (nSPS) is 15.1. The zero-order chi connectivity index (χ0) is 19.5. The largest absolute Gasteiger partial charge is 0.350 e. The number of carbonyl (C=O) groups is 1. The van der Waals surface area contributed by atoms with E-state index in [0.29, 0.717) is 0 Å². The third kappa shape index (κ3) is 3.90. The van der Waals surface area contributed by atoms with E-state index in [9.17, 15) is 4.79 Å². The smallest absolute Gasteiger partial charge is 0.321 e. The van der Waals surface area contributed by atoms with E-state index >= 15 is 0 Å². The Balaban J connectivity index is 1.33. The summed E-state index contributed by atoms with van der Waals surface area (Å²) in [5.74, 6) is 0. The molecule has 0 bridgehead atoms. The molecular weight excluding hydrogens is 348 g/mol. The minimum atomic E-state index is -0.00550. The molecule has 0 aliphatic carbocycles. The zero-order valence-corrected chi connectivity index (χ0v) is 16.7. The molecule has 1 saturated heterocycles. The van der Waals surface area contributed by atoms with Crippen molar-refractivity contribution < 1.29 is 4.79 Å². The lowest BCUT2D eigenvalue weighted by Crippen LogP contribution is -2.49. The highest BCUT2D eigenvalue weighted by molar-refractivity contribution is 5.89. The molecule has 0 saturated carbocycles. The molecule has 5 nitrogen and oxygen atoms in total. The van der Waals surface area contributed by atoms with Crippen molar-refractivity contribution in [3.8, 4) is 0 Å². The first-order valence-corrected chi connectivity index (χ1v) is 10.0. The average Bonchev–Trinajstić information content (AvgIpc) is 3.05. The third-order valence-corrected chi connectivity index (χ3v) is 5.65. The SMILES string of the molecule is CCc1ccc(NC(=O)N2CCN(Cc3cn(C)c4ccccc34)CC2)cc1. The van der Waals surface area contributed by atoms with Gasteiger partial charge in [0.1, 0.15) is 0 Å². The van der Waals surface area contributed by atoms with Crippen LogP contribution in [0.15, 0.2) is 54.7 Å². The number of anilines is 1. The molecular formula is C23H28N4O. The van der Waals surface area contributed by atoms with Gasteiger partial charge in [-0.15, -0.1) is 0 Å². The van der Waals surface area contributed by atoms with Crippen LogP contribution in [0.25, 0.3) is 10.9 Å². The van der Waals surface area contributed by atoms with Crippen LogP contribution in [-0.4, -0.2) is 46.6 Å². The molecule has 2 aromatic carbocycles. The van der Waals surface area contributed by atoms with Crippen molar-refractivity contribution in [2.24, 2.45) is 7.05 Å². The first kappa shape index (κ1) is 18.6. The molecule has 1 aliphatic rings. The van der Waals surface area contributed by atoms with E-state index < -0.39 is 0 Å². The fourth-order valence-electron chi connectivity index (χ4n) is 3.93. The lowest BCUT2D eigenvalue weighted by molar-refractivity contribution is 0.143. The highest BCUT2D eigenvalue weighted by Gasteiger charge is 2.22. The summed E-state index contributed by atoms with van der Waals surface area (Å²) in [7, 11) is 2.10. The molecule has 146 valence electrons. The van der Waals surface area contributed by atoms with Gasteiger partial charge < -0.3 is 14.8 Å². The van der Waals surface area contributed by atoms with E-state index in [1.165, 1.54) is 22.0 Å². The number of aryl methyl sites for hydroxylation is 2. The molecule has 2 heterocycles. The molecule has 0 spiro atoms. The number of amides is 2. The van der Waals surface area contributed by atoms with Crippen molar-refractivity contribution in [3.05, 3.63) is 65.9 Å². The summed E-state index contributed by atoms with van der Waals surface area (Å²) in [6.45, 7) is 6.35. The summed E-state index contributed by atoms with van der Waals surface area (Å²) in [6.07, 6.45) is 3.23. The van der Waals surface area contributed by atoms with Gasteiger partial charge in [-0.3, -0.25) is 4.90 Å².